The van der Waals surface area contributed by atoms with E-state index in [1.165, 1.54) is 10.4 Å². The van der Waals surface area contributed by atoms with Gasteiger partial charge in [-0.15, -0.1) is 0 Å². The van der Waals surface area contributed by atoms with E-state index in [1.54, 1.807) is 29.2 Å². The van der Waals surface area contributed by atoms with Gasteiger partial charge in [-0.3, -0.25) is 9.59 Å². The van der Waals surface area contributed by atoms with Crippen LogP contribution < -0.4 is 10.9 Å². The van der Waals surface area contributed by atoms with Gasteiger partial charge >= 0.3 is 5.63 Å². The van der Waals surface area contributed by atoms with Crippen LogP contribution in [0.15, 0.2) is 39.5 Å². The fourth-order valence-corrected chi connectivity index (χ4v) is 3.85. The van der Waals surface area contributed by atoms with Crippen molar-refractivity contribution in [3.8, 4) is 0 Å². The van der Waals surface area contributed by atoms with E-state index in [0.29, 0.717) is 29.7 Å². The number of hydrogen-bond donors (Lipinski definition) is 1. The standard InChI is InChI=1S/C18H21N3O6S/c1-28(25,26)21-10-8-20(9-11-21)17(23)6-5-16(22)19-14-3-4-15-13(12-14)2-7-18(24)27-15/h2-4,7,12H,5-6,8-11H2,1H3,(H,19,22). The first-order chi connectivity index (χ1) is 13.2. The largest absolute Gasteiger partial charge is 0.423 e. The van der Waals surface area contributed by atoms with Crippen LogP contribution in [0.3, 0.4) is 0 Å². The molecule has 28 heavy (non-hydrogen) atoms. The molecule has 1 fully saturated rings. The molecular formula is C18H21N3O6S. The Morgan fingerprint density at radius 2 is 1.79 bits per heavy atom. The molecule has 0 spiro atoms. The summed E-state index contributed by atoms with van der Waals surface area (Å²) in [5.74, 6) is -0.483. The Balaban J connectivity index is 1.50. The molecular weight excluding hydrogens is 386 g/mol. The van der Waals surface area contributed by atoms with Crippen molar-refractivity contribution in [2.24, 2.45) is 0 Å². The average Bonchev–Trinajstić information content (AvgIpc) is 2.65. The molecule has 1 aliphatic heterocycles. The van der Waals surface area contributed by atoms with E-state index in [4.69, 9.17) is 4.42 Å². The Labute approximate surface area is 162 Å². The third kappa shape index (κ3) is 4.96. The van der Waals surface area contributed by atoms with Crippen molar-refractivity contribution in [2.45, 2.75) is 12.8 Å². The summed E-state index contributed by atoms with van der Waals surface area (Å²) in [6.45, 7) is 1.18. The molecule has 1 N–H and O–H groups in total. The van der Waals surface area contributed by atoms with Gasteiger partial charge in [0.1, 0.15) is 5.58 Å². The zero-order valence-corrected chi connectivity index (χ0v) is 16.2. The number of piperazine rings is 1. The first-order valence-electron chi connectivity index (χ1n) is 8.79. The lowest BCUT2D eigenvalue weighted by Crippen LogP contribution is -2.50. The summed E-state index contributed by atoms with van der Waals surface area (Å²) < 4.78 is 29.4. The quantitative estimate of drug-likeness (QED) is 0.726. The number of sulfonamides is 1. The number of nitrogens with one attached hydrogen (secondary N) is 1. The number of hydrogen-bond acceptors (Lipinski definition) is 6. The molecule has 0 bridgehead atoms. The van der Waals surface area contributed by atoms with Gasteiger partial charge in [0.25, 0.3) is 0 Å². The molecule has 1 saturated heterocycles. The van der Waals surface area contributed by atoms with Crippen molar-refractivity contribution in [3.63, 3.8) is 0 Å². The lowest BCUT2D eigenvalue weighted by molar-refractivity contribution is -0.133. The first kappa shape index (κ1) is 20.0. The molecule has 3 rings (SSSR count). The molecule has 1 aromatic carbocycles. The van der Waals surface area contributed by atoms with Crippen LogP contribution in [-0.4, -0.2) is 61.9 Å². The molecule has 0 atom stereocenters. The zero-order valence-electron chi connectivity index (χ0n) is 15.4. The Kier molecular flexibility index (Phi) is 5.80. The molecule has 10 heteroatoms. The van der Waals surface area contributed by atoms with E-state index < -0.39 is 15.6 Å². The Morgan fingerprint density at radius 1 is 1.07 bits per heavy atom. The van der Waals surface area contributed by atoms with E-state index in [9.17, 15) is 22.8 Å². The topological polar surface area (TPSA) is 117 Å². The van der Waals surface area contributed by atoms with Crippen molar-refractivity contribution >= 4 is 38.5 Å². The predicted molar refractivity (Wildman–Crippen MR) is 103 cm³/mol. The van der Waals surface area contributed by atoms with E-state index in [1.807, 2.05) is 0 Å². The molecule has 2 heterocycles. The molecule has 9 nitrogen and oxygen atoms in total. The second-order valence-corrected chi connectivity index (χ2v) is 8.58. The summed E-state index contributed by atoms with van der Waals surface area (Å²) in [5.41, 5.74) is 0.523. The van der Waals surface area contributed by atoms with Gasteiger partial charge < -0.3 is 14.6 Å². The number of benzene rings is 1. The van der Waals surface area contributed by atoms with Gasteiger partial charge in [0.15, 0.2) is 0 Å². The number of carbonyl (C=O) groups excluding carboxylic acids is 2. The van der Waals surface area contributed by atoms with Gasteiger partial charge in [-0.1, -0.05) is 0 Å². The summed E-state index contributed by atoms with van der Waals surface area (Å²) in [4.78, 5) is 37.1. The highest BCUT2D eigenvalue weighted by atomic mass is 32.2. The SMILES string of the molecule is CS(=O)(=O)N1CCN(C(=O)CCC(=O)Nc2ccc3oc(=O)ccc3c2)CC1. The highest BCUT2D eigenvalue weighted by Gasteiger charge is 2.26. The molecule has 0 saturated carbocycles. The van der Waals surface area contributed by atoms with Gasteiger partial charge in [-0.25, -0.2) is 13.2 Å². The smallest absolute Gasteiger partial charge is 0.336 e. The minimum absolute atomic E-state index is 0.0209. The second kappa shape index (κ2) is 8.11. The minimum Gasteiger partial charge on any atom is -0.423 e. The third-order valence-corrected chi connectivity index (χ3v) is 5.83. The van der Waals surface area contributed by atoms with E-state index >= 15 is 0 Å². The highest BCUT2D eigenvalue weighted by molar-refractivity contribution is 7.88. The molecule has 150 valence electrons. The van der Waals surface area contributed by atoms with Gasteiger partial charge in [0.05, 0.1) is 6.26 Å². The Bertz CT molecular complexity index is 1050. The van der Waals surface area contributed by atoms with Crippen LogP contribution in [0, 0.1) is 0 Å². The fourth-order valence-electron chi connectivity index (χ4n) is 3.02. The van der Waals surface area contributed by atoms with Gasteiger partial charge in [-0.05, 0) is 24.3 Å². The van der Waals surface area contributed by atoms with Crippen LogP contribution in [0.5, 0.6) is 0 Å². The first-order valence-corrected chi connectivity index (χ1v) is 10.6. The molecule has 2 aromatic rings. The molecule has 0 aliphatic carbocycles. The molecule has 0 unspecified atom stereocenters. The zero-order chi connectivity index (χ0) is 20.3. The van der Waals surface area contributed by atoms with Gasteiger partial charge in [0, 0.05) is 56.2 Å². The van der Waals surface area contributed by atoms with Crippen LogP contribution in [-0.2, 0) is 19.6 Å². The van der Waals surface area contributed by atoms with E-state index in [0.717, 1.165) is 6.26 Å². The van der Waals surface area contributed by atoms with Crippen molar-refractivity contribution in [1.82, 2.24) is 9.21 Å². The van der Waals surface area contributed by atoms with Crippen molar-refractivity contribution in [1.29, 1.82) is 0 Å². The van der Waals surface area contributed by atoms with Crippen molar-refractivity contribution in [2.75, 3.05) is 37.8 Å². The third-order valence-electron chi connectivity index (χ3n) is 4.53. The minimum atomic E-state index is -3.25. The second-order valence-electron chi connectivity index (χ2n) is 6.60. The highest BCUT2D eigenvalue weighted by Crippen LogP contribution is 2.18. The average molecular weight is 407 g/mol. The summed E-state index contributed by atoms with van der Waals surface area (Å²) >= 11 is 0. The van der Waals surface area contributed by atoms with Gasteiger partial charge in [-0.2, -0.15) is 4.31 Å². The maximum absolute atomic E-state index is 12.3. The van der Waals surface area contributed by atoms with Crippen molar-refractivity contribution in [3.05, 3.63) is 40.8 Å². The Morgan fingerprint density at radius 3 is 2.46 bits per heavy atom. The number of nitrogens with zero attached hydrogens (tertiary/aromatic N) is 2. The number of fused-ring (bicyclic) bond motifs is 1. The number of carbonyl (C=O) groups is 2. The summed E-state index contributed by atoms with van der Waals surface area (Å²) in [6.07, 6.45) is 1.22. The van der Waals surface area contributed by atoms with Crippen molar-refractivity contribution < 1.29 is 22.4 Å². The van der Waals surface area contributed by atoms with Gasteiger partial charge in [0.2, 0.25) is 21.8 Å². The monoisotopic (exact) mass is 407 g/mol. The van der Waals surface area contributed by atoms with E-state index in [2.05, 4.69) is 5.32 Å². The maximum atomic E-state index is 12.3. The normalized spacial score (nSPS) is 15.5. The van der Waals surface area contributed by atoms with Crippen LogP contribution in [0.4, 0.5) is 5.69 Å². The Hall–Kier alpha value is -2.72. The van der Waals surface area contributed by atoms with Crippen LogP contribution >= 0.6 is 0 Å². The van der Waals surface area contributed by atoms with E-state index in [-0.39, 0.29) is 37.7 Å². The summed E-state index contributed by atoms with van der Waals surface area (Å²) in [5, 5.41) is 3.39. The number of amides is 2. The molecule has 1 aromatic heterocycles. The summed E-state index contributed by atoms with van der Waals surface area (Å²) in [7, 11) is -3.25. The predicted octanol–water partition coefficient (Wildman–Crippen LogP) is 0.616. The number of anilines is 1. The maximum Gasteiger partial charge on any atom is 0.336 e. The fraction of sp³-hybridized carbons (Fsp3) is 0.389. The van der Waals surface area contributed by atoms with Crippen LogP contribution in [0.2, 0.25) is 0 Å². The van der Waals surface area contributed by atoms with Crippen LogP contribution in [0.1, 0.15) is 12.8 Å². The van der Waals surface area contributed by atoms with Crippen LogP contribution in [0.25, 0.3) is 11.0 Å². The number of rotatable bonds is 5. The lowest BCUT2D eigenvalue weighted by atomic mass is 10.2. The molecule has 0 radical (unpaired) electrons. The molecule has 1 aliphatic rings. The summed E-state index contributed by atoms with van der Waals surface area (Å²) in [6, 6.07) is 7.81. The molecule has 2 amide bonds. The lowest BCUT2D eigenvalue weighted by Gasteiger charge is -2.33.